The zero-order valence-corrected chi connectivity index (χ0v) is 12.5. The fourth-order valence-corrected chi connectivity index (χ4v) is 3.48. The summed E-state index contributed by atoms with van der Waals surface area (Å²) in [5, 5.41) is 1.24. The van der Waals surface area contributed by atoms with Gasteiger partial charge < -0.3 is 9.64 Å². The molecule has 3 rings (SSSR count). The Hall–Kier alpha value is -1.20. The number of fused-ring (bicyclic) bond motifs is 1. The van der Waals surface area contributed by atoms with Gasteiger partial charge in [-0.25, -0.2) is 9.97 Å². The highest BCUT2D eigenvalue weighted by atomic mass is 32.1. The Morgan fingerprint density at radius 1 is 1.21 bits per heavy atom. The van der Waals surface area contributed by atoms with E-state index in [4.69, 9.17) is 9.72 Å². The molecule has 1 saturated heterocycles. The van der Waals surface area contributed by atoms with Crippen molar-refractivity contribution >= 4 is 27.4 Å². The number of aryl methyl sites for hydroxylation is 3. The molecule has 4 nitrogen and oxygen atoms in total. The molecule has 1 fully saturated rings. The average Bonchev–Trinajstić information content (AvgIpc) is 2.74. The van der Waals surface area contributed by atoms with Crippen LogP contribution < -0.4 is 4.90 Å². The molecule has 0 radical (unpaired) electrons. The molecule has 3 heterocycles. The fraction of sp³-hybridized carbons (Fsp3) is 0.571. The Labute approximate surface area is 117 Å². The van der Waals surface area contributed by atoms with Crippen molar-refractivity contribution in [3.05, 3.63) is 16.3 Å². The normalized spacial score (nSPS) is 16.3. The third-order valence-corrected chi connectivity index (χ3v) is 4.78. The van der Waals surface area contributed by atoms with Gasteiger partial charge in [-0.15, -0.1) is 11.3 Å². The third-order valence-electron chi connectivity index (χ3n) is 3.68. The number of anilines is 1. The van der Waals surface area contributed by atoms with Gasteiger partial charge in [0.25, 0.3) is 0 Å². The van der Waals surface area contributed by atoms with E-state index in [2.05, 4.69) is 30.7 Å². The van der Waals surface area contributed by atoms with Gasteiger partial charge >= 0.3 is 0 Å². The first-order valence-corrected chi connectivity index (χ1v) is 7.61. The number of aromatic nitrogens is 2. The summed E-state index contributed by atoms with van der Waals surface area (Å²) in [6, 6.07) is 0. The van der Waals surface area contributed by atoms with Gasteiger partial charge in [-0.05, 0) is 19.4 Å². The highest BCUT2D eigenvalue weighted by Crippen LogP contribution is 2.35. The second kappa shape index (κ2) is 5.06. The summed E-state index contributed by atoms with van der Waals surface area (Å²) in [4.78, 5) is 14.3. The van der Waals surface area contributed by atoms with Gasteiger partial charge in [0, 0.05) is 24.4 Å². The van der Waals surface area contributed by atoms with Crippen LogP contribution in [0, 0.1) is 13.8 Å². The van der Waals surface area contributed by atoms with Crippen LogP contribution in [0.3, 0.4) is 0 Å². The molecule has 0 spiro atoms. The van der Waals surface area contributed by atoms with E-state index >= 15 is 0 Å². The number of hydrogen-bond donors (Lipinski definition) is 0. The van der Waals surface area contributed by atoms with E-state index in [1.807, 2.05) is 0 Å². The Bertz CT molecular complexity index is 602. The van der Waals surface area contributed by atoms with E-state index in [1.54, 1.807) is 11.3 Å². The summed E-state index contributed by atoms with van der Waals surface area (Å²) in [7, 11) is 0. The predicted octanol–water partition coefficient (Wildman–Crippen LogP) is 2.71. The predicted molar refractivity (Wildman–Crippen MR) is 79.3 cm³/mol. The van der Waals surface area contributed by atoms with Crippen LogP contribution in [0.4, 0.5) is 5.82 Å². The van der Waals surface area contributed by atoms with E-state index in [0.29, 0.717) is 0 Å². The van der Waals surface area contributed by atoms with Gasteiger partial charge in [0.15, 0.2) is 0 Å². The van der Waals surface area contributed by atoms with Crippen molar-refractivity contribution in [2.45, 2.75) is 27.2 Å². The zero-order chi connectivity index (χ0) is 13.4. The molecule has 0 atom stereocenters. The van der Waals surface area contributed by atoms with Crippen LogP contribution in [0.2, 0.25) is 0 Å². The number of thiophene rings is 1. The summed E-state index contributed by atoms with van der Waals surface area (Å²) < 4.78 is 5.44. The van der Waals surface area contributed by atoms with E-state index in [1.165, 1.54) is 15.8 Å². The zero-order valence-electron chi connectivity index (χ0n) is 11.7. The number of nitrogens with zero attached hydrogens (tertiary/aromatic N) is 3. The van der Waals surface area contributed by atoms with Crippen LogP contribution in [0.1, 0.15) is 23.2 Å². The van der Waals surface area contributed by atoms with Gasteiger partial charge in [0.2, 0.25) is 0 Å². The lowest BCUT2D eigenvalue weighted by Crippen LogP contribution is -2.37. The van der Waals surface area contributed by atoms with Crippen LogP contribution in [-0.2, 0) is 11.2 Å². The molecular formula is C14H19N3OS. The molecule has 0 amide bonds. The topological polar surface area (TPSA) is 38.2 Å². The quantitative estimate of drug-likeness (QED) is 0.846. The first-order chi connectivity index (χ1) is 9.20. The second-order valence-corrected chi connectivity index (χ2v) is 6.08. The summed E-state index contributed by atoms with van der Waals surface area (Å²) in [5.74, 6) is 2.04. The molecule has 0 saturated carbocycles. The average molecular weight is 277 g/mol. The van der Waals surface area contributed by atoms with Crippen molar-refractivity contribution in [1.29, 1.82) is 0 Å². The molecule has 0 aromatic carbocycles. The lowest BCUT2D eigenvalue weighted by Gasteiger charge is -2.28. The van der Waals surface area contributed by atoms with Crippen molar-refractivity contribution < 1.29 is 4.74 Å². The second-order valence-electron chi connectivity index (χ2n) is 4.88. The van der Waals surface area contributed by atoms with Crippen LogP contribution >= 0.6 is 11.3 Å². The molecule has 1 aliphatic heterocycles. The Balaban J connectivity index is 2.19. The minimum atomic E-state index is 0.787. The van der Waals surface area contributed by atoms with Crippen LogP contribution in [0.5, 0.6) is 0 Å². The highest BCUT2D eigenvalue weighted by Gasteiger charge is 2.20. The van der Waals surface area contributed by atoms with Gasteiger partial charge in [-0.2, -0.15) is 0 Å². The van der Waals surface area contributed by atoms with Crippen LogP contribution in [0.25, 0.3) is 10.2 Å². The SMILES string of the molecule is CCc1nc(N2CCOCC2)c2c(C)c(C)sc2n1. The minimum absolute atomic E-state index is 0.787. The van der Waals surface area contributed by atoms with Crippen molar-refractivity contribution in [2.75, 3.05) is 31.2 Å². The first-order valence-electron chi connectivity index (χ1n) is 6.80. The van der Waals surface area contributed by atoms with Crippen molar-refractivity contribution in [2.24, 2.45) is 0 Å². The van der Waals surface area contributed by atoms with Crippen LogP contribution in [-0.4, -0.2) is 36.3 Å². The molecule has 102 valence electrons. The van der Waals surface area contributed by atoms with E-state index < -0.39 is 0 Å². The standard InChI is InChI=1S/C14H19N3OS/c1-4-11-15-13(17-5-7-18-8-6-17)12-9(2)10(3)19-14(12)16-11/h4-8H2,1-3H3. The maximum atomic E-state index is 5.44. The smallest absolute Gasteiger partial charge is 0.141 e. The Kier molecular flexibility index (Phi) is 3.41. The molecule has 0 aliphatic carbocycles. The molecule has 0 unspecified atom stereocenters. The van der Waals surface area contributed by atoms with Gasteiger partial charge in [0.05, 0.1) is 18.6 Å². The number of hydrogen-bond acceptors (Lipinski definition) is 5. The Morgan fingerprint density at radius 3 is 2.63 bits per heavy atom. The molecule has 0 N–H and O–H groups in total. The molecule has 2 aromatic heterocycles. The van der Waals surface area contributed by atoms with Crippen molar-refractivity contribution in [3.8, 4) is 0 Å². The summed E-state index contributed by atoms with van der Waals surface area (Å²) in [6.07, 6.45) is 0.878. The van der Waals surface area contributed by atoms with Gasteiger partial charge in [-0.1, -0.05) is 6.92 Å². The third kappa shape index (κ3) is 2.21. The summed E-state index contributed by atoms with van der Waals surface area (Å²) in [5.41, 5.74) is 1.32. The summed E-state index contributed by atoms with van der Waals surface area (Å²) in [6.45, 7) is 9.86. The first kappa shape index (κ1) is 12.8. The van der Waals surface area contributed by atoms with Crippen molar-refractivity contribution in [1.82, 2.24) is 9.97 Å². The van der Waals surface area contributed by atoms with Gasteiger partial charge in [-0.3, -0.25) is 0 Å². The lowest BCUT2D eigenvalue weighted by atomic mass is 10.2. The maximum Gasteiger partial charge on any atom is 0.141 e. The van der Waals surface area contributed by atoms with E-state index in [9.17, 15) is 0 Å². The number of morpholine rings is 1. The molecule has 1 aliphatic rings. The highest BCUT2D eigenvalue weighted by molar-refractivity contribution is 7.18. The Morgan fingerprint density at radius 2 is 1.95 bits per heavy atom. The number of rotatable bonds is 2. The van der Waals surface area contributed by atoms with Gasteiger partial charge in [0.1, 0.15) is 16.5 Å². The monoisotopic (exact) mass is 277 g/mol. The molecular weight excluding hydrogens is 258 g/mol. The summed E-state index contributed by atoms with van der Waals surface area (Å²) >= 11 is 1.78. The largest absolute Gasteiger partial charge is 0.378 e. The molecule has 5 heteroatoms. The molecule has 19 heavy (non-hydrogen) atoms. The lowest BCUT2D eigenvalue weighted by molar-refractivity contribution is 0.122. The maximum absolute atomic E-state index is 5.44. The van der Waals surface area contributed by atoms with Crippen LogP contribution in [0.15, 0.2) is 0 Å². The van der Waals surface area contributed by atoms with Crippen molar-refractivity contribution in [3.63, 3.8) is 0 Å². The van der Waals surface area contributed by atoms with E-state index in [-0.39, 0.29) is 0 Å². The molecule has 2 aromatic rings. The van der Waals surface area contributed by atoms with E-state index in [0.717, 1.165) is 49.2 Å². The number of ether oxygens (including phenoxy) is 1. The fourth-order valence-electron chi connectivity index (χ4n) is 2.43. The minimum Gasteiger partial charge on any atom is -0.378 e. The molecule has 0 bridgehead atoms.